The average Bonchev–Trinajstić information content (AvgIpc) is 2.12. The highest BCUT2D eigenvalue weighted by molar-refractivity contribution is 5.80. The first-order valence-corrected chi connectivity index (χ1v) is 3.75. The normalized spacial score (nSPS) is 20.5. The lowest BCUT2D eigenvalue weighted by atomic mass is 10.0. The van der Waals surface area contributed by atoms with Crippen molar-refractivity contribution >= 4 is 5.78 Å². The van der Waals surface area contributed by atoms with Crippen molar-refractivity contribution in [2.45, 2.75) is 31.3 Å². The minimum atomic E-state index is -1.79. The number of aliphatic hydroxyl groups excluding tert-OH is 5. The van der Waals surface area contributed by atoms with Crippen molar-refractivity contribution in [3.8, 4) is 0 Å². The molecule has 0 aromatic carbocycles. The summed E-state index contributed by atoms with van der Waals surface area (Å²) in [6.07, 6.45) is -6.87. The van der Waals surface area contributed by atoms with Crippen molar-refractivity contribution in [2.24, 2.45) is 0 Å². The second kappa shape index (κ2) is 5.25. The van der Waals surface area contributed by atoms with Gasteiger partial charge < -0.3 is 25.5 Å². The second-order valence-electron chi connectivity index (χ2n) is 2.79. The van der Waals surface area contributed by atoms with Gasteiger partial charge >= 0.3 is 0 Å². The first-order chi connectivity index (χ1) is 5.91. The number of carbonyl (C=O) groups is 1. The Morgan fingerprint density at radius 1 is 1.15 bits per heavy atom. The number of hydrogen-bond acceptors (Lipinski definition) is 6. The van der Waals surface area contributed by atoms with Gasteiger partial charge in [0.1, 0.15) is 24.4 Å². The van der Waals surface area contributed by atoms with Gasteiger partial charge in [0.05, 0.1) is 6.61 Å². The van der Waals surface area contributed by atoms with Crippen molar-refractivity contribution in [1.82, 2.24) is 0 Å². The standard InChI is InChI=1S/C7H14O6/c1-3(9)5(11)7(13)6(12)4(10)2-8/h4-8,10-13H,2H2,1H3/t4-,5+,6+,7+/m0/s1. The van der Waals surface area contributed by atoms with Gasteiger partial charge in [-0.2, -0.15) is 0 Å². The minimum absolute atomic E-state index is 0.725. The molecule has 0 radical (unpaired) electrons. The topological polar surface area (TPSA) is 118 Å². The first kappa shape index (κ1) is 12.5. The van der Waals surface area contributed by atoms with Gasteiger partial charge in [-0.15, -0.1) is 0 Å². The molecule has 0 amide bonds. The van der Waals surface area contributed by atoms with E-state index in [0.29, 0.717) is 0 Å². The SMILES string of the molecule is CC(=O)[C@@H](O)[C@@H](O)[C@H](O)[C@@H](O)CO. The minimum Gasteiger partial charge on any atom is -0.394 e. The van der Waals surface area contributed by atoms with Gasteiger partial charge in [0.2, 0.25) is 0 Å². The van der Waals surface area contributed by atoms with Gasteiger partial charge in [-0.05, 0) is 6.92 Å². The molecule has 13 heavy (non-hydrogen) atoms. The van der Waals surface area contributed by atoms with Crippen LogP contribution in [-0.4, -0.2) is 62.3 Å². The lowest BCUT2D eigenvalue weighted by Crippen LogP contribution is -2.48. The van der Waals surface area contributed by atoms with Gasteiger partial charge in [0, 0.05) is 0 Å². The van der Waals surface area contributed by atoms with Gasteiger partial charge in [-0.1, -0.05) is 0 Å². The zero-order valence-corrected chi connectivity index (χ0v) is 7.16. The Labute approximate surface area is 75.1 Å². The summed E-state index contributed by atoms with van der Waals surface area (Å²) in [4.78, 5) is 10.5. The van der Waals surface area contributed by atoms with Crippen molar-refractivity contribution in [3.05, 3.63) is 0 Å². The van der Waals surface area contributed by atoms with Crippen molar-refractivity contribution in [3.63, 3.8) is 0 Å². The zero-order valence-electron chi connectivity index (χ0n) is 7.16. The van der Waals surface area contributed by atoms with Gasteiger partial charge in [-0.25, -0.2) is 0 Å². The molecule has 0 unspecified atom stereocenters. The summed E-state index contributed by atoms with van der Waals surface area (Å²) in [7, 11) is 0. The van der Waals surface area contributed by atoms with Crippen LogP contribution in [0.3, 0.4) is 0 Å². The van der Waals surface area contributed by atoms with Crippen molar-refractivity contribution in [2.75, 3.05) is 6.61 Å². The predicted octanol–water partition coefficient (Wildman–Crippen LogP) is -2.99. The summed E-state index contributed by atoms with van der Waals surface area (Å²) < 4.78 is 0. The largest absolute Gasteiger partial charge is 0.394 e. The number of Topliss-reactive ketones (excluding diaryl/α,β-unsaturated/α-hetero) is 1. The van der Waals surface area contributed by atoms with E-state index in [2.05, 4.69) is 0 Å². The molecule has 0 saturated carbocycles. The molecular formula is C7H14O6. The highest BCUT2D eigenvalue weighted by Gasteiger charge is 2.32. The van der Waals surface area contributed by atoms with Crippen LogP contribution in [-0.2, 0) is 4.79 Å². The molecule has 0 fully saturated rings. The third-order valence-corrected chi connectivity index (χ3v) is 1.67. The van der Waals surface area contributed by atoms with Gasteiger partial charge in [-0.3, -0.25) is 4.79 Å². The van der Waals surface area contributed by atoms with E-state index in [-0.39, 0.29) is 0 Å². The van der Waals surface area contributed by atoms with E-state index in [1.54, 1.807) is 0 Å². The third kappa shape index (κ3) is 3.37. The molecule has 6 heteroatoms. The molecule has 0 aromatic heterocycles. The van der Waals surface area contributed by atoms with Crippen LogP contribution < -0.4 is 0 Å². The van der Waals surface area contributed by atoms with Crippen LogP contribution in [0.15, 0.2) is 0 Å². The number of rotatable bonds is 5. The Morgan fingerprint density at radius 2 is 1.62 bits per heavy atom. The van der Waals surface area contributed by atoms with Crippen LogP contribution in [0.5, 0.6) is 0 Å². The first-order valence-electron chi connectivity index (χ1n) is 3.75. The van der Waals surface area contributed by atoms with Gasteiger partial charge in [0.25, 0.3) is 0 Å². The summed E-state index contributed by atoms with van der Waals surface area (Å²) in [5.41, 5.74) is 0. The summed E-state index contributed by atoms with van der Waals surface area (Å²) in [5.74, 6) is -0.725. The van der Waals surface area contributed by atoms with Crippen LogP contribution in [0.2, 0.25) is 0 Å². The average molecular weight is 194 g/mol. The number of aliphatic hydroxyl groups is 5. The van der Waals surface area contributed by atoms with Crippen LogP contribution in [0.25, 0.3) is 0 Å². The van der Waals surface area contributed by atoms with E-state index >= 15 is 0 Å². The fraction of sp³-hybridized carbons (Fsp3) is 0.857. The van der Waals surface area contributed by atoms with Crippen molar-refractivity contribution < 1.29 is 30.3 Å². The summed E-state index contributed by atoms with van der Waals surface area (Å²) in [5, 5.41) is 44.3. The zero-order chi connectivity index (χ0) is 10.6. The highest BCUT2D eigenvalue weighted by Crippen LogP contribution is 2.05. The maximum atomic E-state index is 10.5. The fourth-order valence-corrected chi connectivity index (χ4v) is 0.763. The quantitative estimate of drug-likeness (QED) is 0.318. The molecule has 78 valence electrons. The van der Waals surface area contributed by atoms with Crippen LogP contribution in [0, 0.1) is 0 Å². The Bertz CT molecular complexity index is 170. The summed E-state index contributed by atoms with van der Waals surface area (Å²) in [6, 6.07) is 0. The lowest BCUT2D eigenvalue weighted by molar-refractivity contribution is -0.145. The molecule has 0 aliphatic rings. The summed E-state index contributed by atoms with van der Waals surface area (Å²) >= 11 is 0. The van der Waals surface area contributed by atoms with Crippen molar-refractivity contribution in [1.29, 1.82) is 0 Å². The van der Waals surface area contributed by atoms with E-state index < -0.39 is 36.8 Å². The molecular weight excluding hydrogens is 180 g/mol. The lowest BCUT2D eigenvalue weighted by Gasteiger charge is -2.23. The predicted molar refractivity (Wildman–Crippen MR) is 41.8 cm³/mol. The molecule has 4 atom stereocenters. The molecule has 0 aliphatic carbocycles. The maximum Gasteiger partial charge on any atom is 0.160 e. The van der Waals surface area contributed by atoms with Crippen LogP contribution in [0.1, 0.15) is 6.92 Å². The highest BCUT2D eigenvalue weighted by atomic mass is 16.4. The molecule has 5 N–H and O–H groups in total. The van der Waals surface area contributed by atoms with E-state index in [1.807, 2.05) is 0 Å². The maximum absolute atomic E-state index is 10.5. The Morgan fingerprint density at radius 3 is 1.92 bits per heavy atom. The molecule has 6 nitrogen and oxygen atoms in total. The second-order valence-corrected chi connectivity index (χ2v) is 2.79. The summed E-state index contributed by atoms with van der Waals surface area (Å²) in [6.45, 7) is 0.273. The molecule has 0 bridgehead atoms. The Balaban J connectivity index is 4.24. The molecule has 0 heterocycles. The number of carbonyl (C=O) groups excluding carboxylic acids is 1. The van der Waals surface area contributed by atoms with E-state index in [9.17, 15) is 4.79 Å². The fourth-order valence-electron chi connectivity index (χ4n) is 0.763. The van der Waals surface area contributed by atoms with Gasteiger partial charge in [0.15, 0.2) is 5.78 Å². The van der Waals surface area contributed by atoms with Crippen LogP contribution in [0.4, 0.5) is 0 Å². The van der Waals surface area contributed by atoms with E-state index in [1.165, 1.54) is 0 Å². The molecule has 0 saturated heterocycles. The van der Waals surface area contributed by atoms with E-state index in [4.69, 9.17) is 25.5 Å². The molecule has 0 spiro atoms. The third-order valence-electron chi connectivity index (χ3n) is 1.67. The molecule has 0 aliphatic heterocycles. The Hall–Kier alpha value is -0.530. The smallest absolute Gasteiger partial charge is 0.160 e. The molecule has 0 aromatic rings. The Kier molecular flexibility index (Phi) is 5.04. The number of hydrogen-bond donors (Lipinski definition) is 5. The monoisotopic (exact) mass is 194 g/mol. The van der Waals surface area contributed by atoms with Crippen LogP contribution >= 0.6 is 0 Å². The van der Waals surface area contributed by atoms with E-state index in [0.717, 1.165) is 6.92 Å². The number of ketones is 1. The molecule has 0 rings (SSSR count).